The van der Waals surface area contributed by atoms with Crippen LogP contribution in [0.25, 0.3) is 0 Å². The quantitative estimate of drug-likeness (QED) is 0.375. The van der Waals surface area contributed by atoms with Gasteiger partial charge in [0.2, 0.25) is 0 Å². The Hall–Kier alpha value is -1.02. The second kappa shape index (κ2) is 12.4. The molecule has 0 aliphatic carbocycles. The van der Waals surface area contributed by atoms with Crippen LogP contribution in [0.4, 0.5) is 0 Å². The van der Waals surface area contributed by atoms with Crippen molar-refractivity contribution in [2.45, 2.75) is 33.2 Å². The van der Waals surface area contributed by atoms with Gasteiger partial charge in [0.25, 0.3) is 0 Å². The van der Waals surface area contributed by atoms with Crippen LogP contribution in [-0.2, 0) is 11.2 Å². The molecule has 0 bridgehead atoms. The first-order chi connectivity index (χ1) is 10.6. The van der Waals surface area contributed by atoms with Crippen molar-refractivity contribution in [3.63, 3.8) is 0 Å². The van der Waals surface area contributed by atoms with Crippen molar-refractivity contribution in [1.29, 1.82) is 0 Å². The summed E-state index contributed by atoms with van der Waals surface area (Å²) in [6.07, 6.45) is 0.847. The molecule has 0 amide bonds. The van der Waals surface area contributed by atoms with E-state index in [1.165, 1.54) is 11.1 Å². The van der Waals surface area contributed by atoms with Gasteiger partial charge in [-0.1, -0.05) is 17.7 Å². The first kappa shape index (κ1) is 22.0. The second-order valence-corrected chi connectivity index (χ2v) is 5.33. The van der Waals surface area contributed by atoms with Gasteiger partial charge in [-0.3, -0.25) is 4.99 Å². The molecule has 0 fully saturated rings. The minimum Gasteiger partial charge on any atom is -0.496 e. The van der Waals surface area contributed by atoms with Crippen LogP contribution in [0.5, 0.6) is 5.75 Å². The van der Waals surface area contributed by atoms with E-state index in [-0.39, 0.29) is 30.0 Å². The maximum atomic E-state index is 5.41. The van der Waals surface area contributed by atoms with Crippen molar-refractivity contribution in [1.82, 2.24) is 10.6 Å². The van der Waals surface area contributed by atoms with E-state index in [1.54, 1.807) is 14.2 Å². The van der Waals surface area contributed by atoms with Crippen LogP contribution in [0.15, 0.2) is 23.2 Å². The Morgan fingerprint density at radius 1 is 1.30 bits per heavy atom. The molecule has 1 aromatic rings. The fraction of sp³-hybridized carbons (Fsp3) is 0.588. The number of ether oxygens (including phenoxy) is 2. The zero-order valence-corrected chi connectivity index (χ0v) is 17.1. The Bertz CT molecular complexity index is 481. The van der Waals surface area contributed by atoms with Crippen LogP contribution in [-0.4, -0.2) is 45.9 Å². The summed E-state index contributed by atoms with van der Waals surface area (Å²) in [5, 5.41) is 6.58. The Kier molecular flexibility index (Phi) is 11.9. The largest absolute Gasteiger partial charge is 0.496 e. The average Bonchev–Trinajstić information content (AvgIpc) is 2.48. The van der Waals surface area contributed by atoms with Gasteiger partial charge in [-0.05, 0) is 38.8 Å². The fourth-order valence-corrected chi connectivity index (χ4v) is 2.24. The van der Waals surface area contributed by atoms with Gasteiger partial charge in [-0.15, -0.1) is 24.0 Å². The van der Waals surface area contributed by atoms with Crippen LogP contribution in [0.3, 0.4) is 0 Å². The predicted octanol–water partition coefficient (Wildman–Crippen LogP) is 2.75. The van der Waals surface area contributed by atoms with E-state index in [0.717, 1.165) is 24.7 Å². The highest BCUT2D eigenvalue weighted by Crippen LogP contribution is 2.20. The number of aryl methyl sites for hydroxylation is 1. The van der Waals surface area contributed by atoms with Gasteiger partial charge in [0.05, 0.1) is 13.7 Å². The minimum absolute atomic E-state index is 0. The summed E-state index contributed by atoms with van der Waals surface area (Å²) in [6.45, 7) is 8.40. The van der Waals surface area contributed by atoms with Crippen LogP contribution >= 0.6 is 24.0 Å². The van der Waals surface area contributed by atoms with Gasteiger partial charge < -0.3 is 20.1 Å². The van der Waals surface area contributed by atoms with E-state index in [0.29, 0.717) is 13.2 Å². The van der Waals surface area contributed by atoms with Gasteiger partial charge in [-0.25, -0.2) is 0 Å². The Labute approximate surface area is 157 Å². The molecular formula is C17H30IN3O2. The summed E-state index contributed by atoms with van der Waals surface area (Å²) in [7, 11) is 3.40. The molecule has 2 N–H and O–H groups in total. The predicted molar refractivity (Wildman–Crippen MR) is 107 cm³/mol. The number of methoxy groups -OCH3 is 2. The number of rotatable bonds is 8. The monoisotopic (exact) mass is 435 g/mol. The van der Waals surface area contributed by atoms with Crippen LogP contribution in [0, 0.1) is 6.92 Å². The summed E-state index contributed by atoms with van der Waals surface area (Å²) in [5.41, 5.74) is 2.42. The van der Waals surface area contributed by atoms with E-state index < -0.39 is 0 Å². The summed E-state index contributed by atoms with van der Waals surface area (Å²) in [6, 6.07) is 6.45. The molecule has 0 spiro atoms. The molecule has 132 valence electrons. The highest BCUT2D eigenvalue weighted by atomic mass is 127. The molecule has 0 heterocycles. The summed E-state index contributed by atoms with van der Waals surface area (Å²) in [5.74, 6) is 1.74. The fourth-order valence-electron chi connectivity index (χ4n) is 2.24. The first-order valence-corrected chi connectivity index (χ1v) is 7.78. The Morgan fingerprint density at radius 3 is 2.65 bits per heavy atom. The van der Waals surface area contributed by atoms with E-state index in [2.05, 4.69) is 48.5 Å². The van der Waals surface area contributed by atoms with Crippen molar-refractivity contribution >= 4 is 29.9 Å². The topological polar surface area (TPSA) is 54.9 Å². The minimum atomic E-state index is 0. The number of benzene rings is 1. The van der Waals surface area contributed by atoms with Gasteiger partial charge in [0.1, 0.15) is 5.75 Å². The SMILES string of the molecule is CCNC(=NCCc1cc(C)ccc1OC)NC(C)COC.I. The lowest BCUT2D eigenvalue weighted by atomic mass is 10.1. The molecule has 0 saturated heterocycles. The Balaban J connectivity index is 0.00000484. The normalized spacial score (nSPS) is 12.3. The van der Waals surface area contributed by atoms with Crippen molar-refractivity contribution in [3.8, 4) is 5.75 Å². The van der Waals surface area contributed by atoms with Crippen LogP contribution in [0.1, 0.15) is 25.0 Å². The number of nitrogens with zero attached hydrogens (tertiary/aromatic N) is 1. The molecule has 6 heteroatoms. The summed E-state index contributed by atoms with van der Waals surface area (Å²) in [4.78, 5) is 4.62. The number of nitrogens with one attached hydrogen (secondary N) is 2. The number of hydrogen-bond donors (Lipinski definition) is 2. The number of hydrogen-bond acceptors (Lipinski definition) is 3. The third kappa shape index (κ3) is 8.41. The molecule has 0 aromatic heterocycles. The zero-order chi connectivity index (χ0) is 16.4. The lowest BCUT2D eigenvalue weighted by Crippen LogP contribution is -2.44. The van der Waals surface area contributed by atoms with Crippen molar-refractivity contribution in [3.05, 3.63) is 29.3 Å². The maximum absolute atomic E-state index is 5.41. The second-order valence-electron chi connectivity index (χ2n) is 5.33. The molecule has 1 aromatic carbocycles. The molecule has 0 saturated carbocycles. The van der Waals surface area contributed by atoms with Gasteiger partial charge in [0.15, 0.2) is 5.96 Å². The van der Waals surface area contributed by atoms with Gasteiger partial charge in [0, 0.05) is 26.2 Å². The van der Waals surface area contributed by atoms with Crippen molar-refractivity contribution in [2.24, 2.45) is 4.99 Å². The molecule has 0 radical (unpaired) electrons. The van der Waals surface area contributed by atoms with Crippen molar-refractivity contribution in [2.75, 3.05) is 33.9 Å². The van der Waals surface area contributed by atoms with Gasteiger partial charge in [-0.2, -0.15) is 0 Å². The highest BCUT2D eigenvalue weighted by molar-refractivity contribution is 14.0. The van der Waals surface area contributed by atoms with E-state index >= 15 is 0 Å². The van der Waals surface area contributed by atoms with Crippen LogP contribution < -0.4 is 15.4 Å². The molecule has 5 nitrogen and oxygen atoms in total. The summed E-state index contributed by atoms with van der Waals surface area (Å²) < 4.78 is 10.5. The molecule has 0 aliphatic heterocycles. The number of guanidine groups is 1. The molecular weight excluding hydrogens is 405 g/mol. The molecule has 1 atom stereocenters. The average molecular weight is 435 g/mol. The maximum Gasteiger partial charge on any atom is 0.191 e. The smallest absolute Gasteiger partial charge is 0.191 e. The van der Waals surface area contributed by atoms with E-state index in [4.69, 9.17) is 9.47 Å². The van der Waals surface area contributed by atoms with E-state index in [1.807, 2.05) is 6.07 Å². The Morgan fingerprint density at radius 2 is 2.04 bits per heavy atom. The standard InChI is InChI=1S/C17H29N3O2.HI/c1-6-18-17(20-14(3)12-21-4)19-10-9-15-11-13(2)7-8-16(15)22-5;/h7-8,11,14H,6,9-10,12H2,1-5H3,(H2,18,19,20);1H. The molecule has 0 aliphatic rings. The molecule has 1 rings (SSSR count). The lowest BCUT2D eigenvalue weighted by Gasteiger charge is -2.17. The number of halogens is 1. The lowest BCUT2D eigenvalue weighted by molar-refractivity contribution is 0.179. The van der Waals surface area contributed by atoms with Crippen LogP contribution in [0.2, 0.25) is 0 Å². The highest BCUT2D eigenvalue weighted by Gasteiger charge is 2.06. The molecule has 1 unspecified atom stereocenters. The third-order valence-corrected chi connectivity index (χ3v) is 3.23. The number of aliphatic imine (C=N–C) groups is 1. The van der Waals surface area contributed by atoms with E-state index in [9.17, 15) is 0 Å². The zero-order valence-electron chi connectivity index (χ0n) is 14.8. The third-order valence-electron chi connectivity index (χ3n) is 3.23. The molecule has 23 heavy (non-hydrogen) atoms. The summed E-state index contributed by atoms with van der Waals surface area (Å²) >= 11 is 0. The van der Waals surface area contributed by atoms with Gasteiger partial charge >= 0.3 is 0 Å². The first-order valence-electron chi connectivity index (χ1n) is 7.78. The van der Waals surface area contributed by atoms with Crippen molar-refractivity contribution < 1.29 is 9.47 Å².